The fourth-order valence-electron chi connectivity index (χ4n) is 3.28. The van der Waals surface area contributed by atoms with Gasteiger partial charge in [-0.05, 0) is 69.7 Å². The van der Waals surface area contributed by atoms with Crippen molar-refractivity contribution in [1.82, 2.24) is 0 Å². The Balaban J connectivity index is 1.92. The summed E-state index contributed by atoms with van der Waals surface area (Å²) in [6.07, 6.45) is 0. The van der Waals surface area contributed by atoms with Crippen molar-refractivity contribution >= 4 is 33.3 Å². The van der Waals surface area contributed by atoms with E-state index in [4.69, 9.17) is 4.74 Å². The van der Waals surface area contributed by atoms with Crippen LogP contribution in [0, 0.1) is 20.8 Å². The zero-order chi connectivity index (χ0) is 24.9. The van der Waals surface area contributed by atoms with Gasteiger partial charge in [0.1, 0.15) is 6.54 Å². The van der Waals surface area contributed by atoms with Gasteiger partial charge in [0.05, 0.1) is 22.8 Å². The lowest BCUT2D eigenvalue weighted by Crippen LogP contribution is -2.38. The molecular formula is C26H28N2O5S. The predicted molar refractivity (Wildman–Crippen MR) is 133 cm³/mol. The van der Waals surface area contributed by atoms with Crippen LogP contribution in [-0.2, 0) is 19.6 Å². The van der Waals surface area contributed by atoms with Crippen LogP contribution >= 0.6 is 0 Å². The number of rotatable bonds is 8. The summed E-state index contributed by atoms with van der Waals surface area (Å²) >= 11 is 0. The summed E-state index contributed by atoms with van der Waals surface area (Å²) in [5.41, 5.74) is 3.70. The lowest BCUT2D eigenvalue weighted by molar-refractivity contribution is -0.114. The molecule has 0 radical (unpaired) electrons. The second kappa shape index (κ2) is 10.5. The van der Waals surface area contributed by atoms with E-state index in [9.17, 15) is 18.0 Å². The van der Waals surface area contributed by atoms with E-state index >= 15 is 0 Å². The summed E-state index contributed by atoms with van der Waals surface area (Å²) in [5.74, 6) is -1.04. The molecule has 0 saturated heterocycles. The van der Waals surface area contributed by atoms with Crippen LogP contribution in [0.25, 0.3) is 0 Å². The molecule has 0 atom stereocenters. The monoisotopic (exact) mass is 480 g/mol. The summed E-state index contributed by atoms with van der Waals surface area (Å²) in [6, 6.07) is 18.2. The van der Waals surface area contributed by atoms with E-state index in [1.807, 2.05) is 13.8 Å². The van der Waals surface area contributed by atoms with Crippen molar-refractivity contribution in [2.75, 3.05) is 22.8 Å². The molecule has 7 nitrogen and oxygen atoms in total. The zero-order valence-electron chi connectivity index (χ0n) is 19.7. The number of aryl methyl sites for hydroxylation is 3. The Morgan fingerprint density at radius 1 is 0.882 bits per heavy atom. The molecule has 0 aliphatic carbocycles. The first-order valence-corrected chi connectivity index (χ1v) is 12.3. The van der Waals surface area contributed by atoms with Gasteiger partial charge in [0, 0.05) is 5.69 Å². The highest BCUT2D eigenvalue weighted by Crippen LogP contribution is 2.25. The molecule has 34 heavy (non-hydrogen) atoms. The summed E-state index contributed by atoms with van der Waals surface area (Å²) < 4.78 is 33.1. The van der Waals surface area contributed by atoms with Gasteiger partial charge in [-0.1, -0.05) is 41.5 Å². The fraction of sp³-hybridized carbons (Fsp3) is 0.231. The maximum atomic E-state index is 13.5. The van der Waals surface area contributed by atoms with Gasteiger partial charge in [0.25, 0.3) is 10.0 Å². The number of nitrogens with zero attached hydrogens (tertiary/aromatic N) is 1. The van der Waals surface area contributed by atoms with E-state index in [2.05, 4.69) is 5.32 Å². The number of ether oxygens (including phenoxy) is 1. The third kappa shape index (κ3) is 5.82. The highest BCUT2D eigenvalue weighted by Gasteiger charge is 2.27. The molecule has 8 heteroatoms. The molecule has 0 bridgehead atoms. The first-order valence-electron chi connectivity index (χ1n) is 10.9. The molecule has 0 spiro atoms. The molecule has 0 fully saturated rings. The van der Waals surface area contributed by atoms with E-state index in [0.717, 1.165) is 21.0 Å². The predicted octanol–water partition coefficient (Wildman–Crippen LogP) is 4.62. The van der Waals surface area contributed by atoms with Crippen LogP contribution in [0.5, 0.6) is 0 Å². The molecule has 0 aliphatic rings. The standard InChI is InChI=1S/C26H28N2O5S/c1-5-33-26(30)21-11-10-20(4)24(16-21)27-25(29)17-28(22-12-6-18(2)7-13-22)34(31,32)23-14-8-19(3)9-15-23/h6-16H,5,17H2,1-4H3,(H,27,29). The molecule has 1 amide bonds. The Bertz CT molecular complexity index is 1280. The first-order chi connectivity index (χ1) is 16.1. The van der Waals surface area contributed by atoms with Crippen molar-refractivity contribution in [2.45, 2.75) is 32.6 Å². The number of carbonyl (C=O) groups is 2. The number of sulfonamides is 1. The Morgan fingerprint density at radius 2 is 1.47 bits per heavy atom. The van der Waals surface area contributed by atoms with E-state index < -0.39 is 28.4 Å². The van der Waals surface area contributed by atoms with Gasteiger partial charge in [-0.3, -0.25) is 9.10 Å². The Hall–Kier alpha value is -3.65. The quantitative estimate of drug-likeness (QED) is 0.475. The molecule has 0 heterocycles. The fourth-order valence-corrected chi connectivity index (χ4v) is 4.70. The molecular weight excluding hydrogens is 452 g/mol. The lowest BCUT2D eigenvalue weighted by atomic mass is 10.1. The maximum absolute atomic E-state index is 13.5. The van der Waals surface area contributed by atoms with Gasteiger partial charge in [0.15, 0.2) is 0 Å². The van der Waals surface area contributed by atoms with E-state index in [0.29, 0.717) is 16.9 Å². The molecule has 0 aliphatic heterocycles. The summed E-state index contributed by atoms with van der Waals surface area (Å²) in [6.45, 7) is 7.05. The van der Waals surface area contributed by atoms with Crippen LogP contribution in [0.1, 0.15) is 34.0 Å². The van der Waals surface area contributed by atoms with Gasteiger partial charge in [-0.2, -0.15) is 0 Å². The lowest BCUT2D eigenvalue weighted by Gasteiger charge is -2.24. The number of carbonyl (C=O) groups excluding carboxylic acids is 2. The highest BCUT2D eigenvalue weighted by atomic mass is 32.2. The minimum absolute atomic E-state index is 0.0898. The van der Waals surface area contributed by atoms with Crippen molar-refractivity contribution in [3.8, 4) is 0 Å². The van der Waals surface area contributed by atoms with E-state index in [-0.39, 0.29) is 11.5 Å². The minimum atomic E-state index is -4.01. The number of amides is 1. The van der Waals surface area contributed by atoms with Crippen LogP contribution in [-0.4, -0.2) is 33.4 Å². The second-order valence-corrected chi connectivity index (χ2v) is 9.82. The Kier molecular flexibility index (Phi) is 7.73. The average molecular weight is 481 g/mol. The Labute approximate surface area is 200 Å². The number of anilines is 2. The third-order valence-electron chi connectivity index (χ3n) is 5.24. The first kappa shape index (κ1) is 25.0. The van der Waals surface area contributed by atoms with Crippen molar-refractivity contribution in [1.29, 1.82) is 0 Å². The van der Waals surface area contributed by atoms with Crippen molar-refractivity contribution in [3.05, 3.63) is 89.0 Å². The van der Waals surface area contributed by atoms with E-state index in [1.165, 1.54) is 18.2 Å². The smallest absolute Gasteiger partial charge is 0.338 e. The van der Waals surface area contributed by atoms with Crippen molar-refractivity contribution in [3.63, 3.8) is 0 Å². The van der Waals surface area contributed by atoms with Gasteiger partial charge in [-0.15, -0.1) is 0 Å². The molecule has 178 valence electrons. The molecule has 3 aromatic rings. The largest absolute Gasteiger partial charge is 0.462 e. The zero-order valence-corrected chi connectivity index (χ0v) is 20.5. The summed E-state index contributed by atoms with van der Waals surface area (Å²) in [5, 5.41) is 2.74. The number of nitrogens with one attached hydrogen (secondary N) is 1. The number of benzene rings is 3. The maximum Gasteiger partial charge on any atom is 0.338 e. The SMILES string of the molecule is CCOC(=O)c1ccc(C)c(NC(=O)CN(c2ccc(C)cc2)S(=O)(=O)c2ccc(C)cc2)c1. The summed E-state index contributed by atoms with van der Waals surface area (Å²) in [4.78, 5) is 25.2. The van der Waals surface area contributed by atoms with Crippen molar-refractivity contribution < 1.29 is 22.7 Å². The number of hydrogen-bond donors (Lipinski definition) is 1. The molecule has 0 aromatic heterocycles. The topological polar surface area (TPSA) is 92.8 Å². The van der Waals surface area contributed by atoms with E-state index in [1.54, 1.807) is 62.4 Å². The van der Waals surface area contributed by atoms with Crippen LogP contribution in [0.4, 0.5) is 11.4 Å². The molecule has 3 aromatic carbocycles. The molecule has 1 N–H and O–H groups in total. The van der Waals surface area contributed by atoms with Gasteiger partial charge < -0.3 is 10.1 Å². The number of esters is 1. The molecule has 0 saturated carbocycles. The van der Waals surface area contributed by atoms with Crippen LogP contribution in [0.3, 0.4) is 0 Å². The van der Waals surface area contributed by atoms with Crippen molar-refractivity contribution in [2.24, 2.45) is 0 Å². The van der Waals surface area contributed by atoms with Gasteiger partial charge in [0.2, 0.25) is 5.91 Å². The summed E-state index contributed by atoms with van der Waals surface area (Å²) in [7, 11) is -4.01. The van der Waals surface area contributed by atoms with Crippen LogP contribution in [0.15, 0.2) is 71.6 Å². The van der Waals surface area contributed by atoms with Gasteiger partial charge in [-0.25, -0.2) is 13.2 Å². The number of hydrogen-bond acceptors (Lipinski definition) is 5. The second-order valence-electron chi connectivity index (χ2n) is 7.96. The van der Waals surface area contributed by atoms with Crippen LogP contribution in [0.2, 0.25) is 0 Å². The minimum Gasteiger partial charge on any atom is -0.462 e. The van der Waals surface area contributed by atoms with Crippen LogP contribution < -0.4 is 9.62 Å². The van der Waals surface area contributed by atoms with Gasteiger partial charge >= 0.3 is 5.97 Å². The Morgan fingerprint density at radius 3 is 2.06 bits per heavy atom. The molecule has 0 unspecified atom stereocenters. The molecule has 3 rings (SSSR count). The normalized spacial score (nSPS) is 11.1. The third-order valence-corrected chi connectivity index (χ3v) is 7.03. The highest BCUT2D eigenvalue weighted by molar-refractivity contribution is 7.92. The average Bonchev–Trinajstić information content (AvgIpc) is 2.80.